The molecule has 1 N–H and O–H groups in total. The van der Waals surface area contributed by atoms with Gasteiger partial charge in [0.25, 0.3) is 0 Å². The Morgan fingerprint density at radius 1 is 1.36 bits per heavy atom. The zero-order valence-electron chi connectivity index (χ0n) is 12.8. The second-order valence-electron chi connectivity index (χ2n) is 4.82. The number of hydrogen-bond donors (Lipinski definition) is 1. The van der Waals surface area contributed by atoms with E-state index in [-0.39, 0.29) is 6.03 Å². The van der Waals surface area contributed by atoms with Crippen molar-refractivity contribution in [3.8, 4) is 5.75 Å². The van der Waals surface area contributed by atoms with Crippen LogP contribution in [0.2, 0.25) is 0 Å². The highest BCUT2D eigenvalue weighted by molar-refractivity contribution is 9.10. The molecule has 1 heterocycles. The van der Waals surface area contributed by atoms with Crippen LogP contribution in [0.5, 0.6) is 5.75 Å². The van der Waals surface area contributed by atoms with Gasteiger partial charge in [-0.3, -0.25) is 0 Å². The van der Waals surface area contributed by atoms with E-state index < -0.39 is 12.0 Å². The Morgan fingerprint density at radius 2 is 2.05 bits per heavy atom. The second-order valence-corrected chi connectivity index (χ2v) is 5.73. The van der Waals surface area contributed by atoms with E-state index in [0.717, 1.165) is 4.47 Å². The molecule has 2 rings (SSSR count). The number of benzene rings is 1. The molecule has 0 saturated heterocycles. The Bertz CT molecular complexity index is 657. The summed E-state index contributed by atoms with van der Waals surface area (Å²) in [4.78, 5) is 25.7. The molecular weight excluding hydrogens is 352 g/mol. The lowest BCUT2D eigenvalue weighted by atomic mass is 9.94. The molecule has 0 aromatic heterocycles. The summed E-state index contributed by atoms with van der Waals surface area (Å²) < 4.78 is 11.0. The van der Waals surface area contributed by atoms with Gasteiger partial charge in [-0.25, -0.2) is 9.59 Å². The second kappa shape index (κ2) is 6.39. The van der Waals surface area contributed by atoms with Gasteiger partial charge >= 0.3 is 12.0 Å². The van der Waals surface area contributed by atoms with Crippen molar-refractivity contribution in [1.82, 2.24) is 10.2 Å². The van der Waals surface area contributed by atoms with Gasteiger partial charge in [-0.1, -0.05) is 15.9 Å². The van der Waals surface area contributed by atoms with Gasteiger partial charge in [-0.15, -0.1) is 0 Å². The number of allylic oxidation sites excluding steroid dienone is 1. The van der Waals surface area contributed by atoms with Crippen molar-refractivity contribution < 1.29 is 19.1 Å². The molecule has 2 amide bonds. The monoisotopic (exact) mass is 368 g/mol. The lowest BCUT2D eigenvalue weighted by molar-refractivity contribution is -0.136. The number of nitrogens with one attached hydrogen (secondary N) is 1. The fourth-order valence-corrected chi connectivity index (χ4v) is 2.75. The minimum Gasteiger partial charge on any atom is -0.496 e. The van der Waals surface area contributed by atoms with Gasteiger partial charge in [0.1, 0.15) is 5.75 Å². The van der Waals surface area contributed by atoms with Gasteiger partial charge in [-0.05, 0) is 25.1 Å². The zero-order valence-corrected chi connectivity index (χ0v) is 14.4. The van der Waals surface area contributed by atoms with E-state index in [1.807, 2.05) is 12.1 Å². The van der Waals surface area contributed by atoms with Crippen LogP contribution in [0.15, 0.2) is 33.9 Å². The number of amides is 2. The lowest BCUT2D eigenvalue weighted by Gasteiger charge is -2.33. The fourth-order valence-electron chi connectivity index (χ4n) is 2.37. The molecule has 0 aliphatic carbocycles. The van der Waals surface area contributed by atoms with E-state index in [2.05, 4.69) is 21.2 Å². The van der Waals surface area contributed by atoms with Gasteiger partial charge in [0.15, 0.2) is 0 Å². The molecule has 0 saturated carbocycles. The van der Waals surface area contributed by atoms with Crippen molar-refractivity contribution in [3.63, 3.8) is 0 Å². The Labute approximate surface area is 137 Å². The lowest BCUT2D eigenvalue weighted by Crippen LogP contribution is -2.46. The average molecular weight is 369 g/mol. The van der Waals surface area contributed by atoms with Crippen LogP contribution in [0.3, 0.4) is 0 Å². The van der Waals surface area contributed by atoms with Crippen molar-refractivity contribution in [1.29, 1.82) is 0 Å². The van der Waals surface area contributed by atoms with Gasteiger partial charge in [0.2, 0.25) is 0 Å². The summed E-state index contributed by atoms with van der Waals surface area (Å²) in [7, 11) is 4.45. The molecule has 0 fully saturated rings. The summed E-state index contributed by atoms with van der Waals surface area (Å²) in [6.07, 6.45) is 0. The van der Waals surface area contributed by atoms with Crippen LogP contribution >= 0.6 is 15.9 Å². The number of rotatable bonds is 3. The number of urea groups is 1. The van der Waals surface area contributed by atoms with Gasteiger partial charge in [-0.2, -0.15) is 0 Å². The van der Waals surface area contributed by atoms with Crippen LogP contribution in [0, 0.1) is 0 Å². The van der Waals surface area contributed by atoms with E-state index in [0.29, 0.717) is 22.6 Å². The molecular formula is C15H17BrN2O4. The predicted octanol–water partition coefficient (Wildman–Crippen LogP) is 2.60. The number of carbonyl (C=O) groups excluding carboxylic acids is 2. The molecule has 1 atom stereocenters. The van der Waals surface area contributed by atoms with Crippen LogP contribution in [-0.2, 0) is 9.53 Å². The van der Waals surface area contributed by atoms with Crippen LogP contribution < -0.4 is 10.1 Å². The number of methoxy groups -OCH3 is 2. The zero-order chi connectivity index (χ0) is 16.4. The molecule has 22 heavy (non-hydrogen) atoms. The number of ether oxygens (including phenoxy) is 2. The number of esters is 1. The van der Waals surface area contributed by atoms with Crippen molar-refractivity contribution >= 4 is 27.9 Å². The third-order valence-corrected chi connectivity index (χ3v) is 4.16. The summed E-state index contributed by atoms with van der Waals surface area (Å²) in [6, 6.07) is 4.48. The summed E-state index contributed by atoms with van der Waals surface area (Å²) in [6.45, 7) is 1.71. The molecule has 0 radical (unpaired) electrons. The Morgan fingerprint density at radius 3 is 2.64 bits per heavy atom. The van der Waals surface area contributed by atoms with Crippen molar-refractivity contribution in [2.75, 3.05) is 21.3 Å². The van der Waals surface area contributed by atoms with E-state index in [1.54, 1.807) is 20.0 Å². The molecule has 6 nitrogen and oxygen atoms in total. The quantitative estimate of drug-likeness (QED) is 0.832. The Hall–Kier alpha value is -2.02. The predicted molar refractivity (Wildman–Crippen MR) is 84.4 cm³/mol. The summed E-state index contributed by atoms with van der Waals surface area (Å²) in [5.41, 5.74) is 1.60. The van der Waals surface area contributed by atoms with Crippen LogP contribution in [-0.4, -0.2) is 38.2 Å². The van der Waals surface area contributed by atoms with E-state index >= 15 is 0 Å². The number of hydrogen-bond acceptors (Lipinski definition) is 4. The van der Waals surface area contributed by atoms with Crippen LogP contribution in [0.25, 0.3) is 0 Å². The van der Waals surface area contributed by atoms with Gasteiger partial charge in [0, 0.05) is 22.8 Å². The maximum absolute atomic E-state index is 12.2. The standard InChI is InChI=1S/C15H17BrN2O4/c1-8-12(14(19)22-4)13(17-15(20)18(8)2)10-7-9(16)5-6-11(10)21-3/h5-7,13H,1-4H3,(H,17,20)/t13-/m1/s1. The molecule has 118 valence electrons. The summed E-state index contributed by atoms with van der Waals surface area (Å²) >= 11 is 3.40. The van der Waals surface area contributed by atoms with Gasteiger partial charge in [0.05, 0.1) is 25.8 Å². The molecule has 0 bridgehead atoms. The molecule has 1 aromatic carbocycles. The molecule has 1 aliphatic rings. The summed E-state index contributed by atoms with van der Waals surface area (Å²) in [5, 5.41) is 2.81. The first-order chi connectivity index (χ1) is 10.4. The third-order valence-electron chi connectivity index (χ3n) is 3.66. The molecule has 0 unspecified atom stereocenters. The van der Waals surface area contributed by atoms with E-state index in [9.17, 15) is 9.59 Å². The molecule has 7 heteroatoms. The first-order valence-corrected chi connectivity index (χ1v) is 7.36. The highest BCUT2D eigenvalue weighted by atomic mass is 79.9. The average Bonchev–Trinajstić information content (AvgIpc) is 2.51. The van der Waals surface area contributed by atoms with Crippen LogP contribution in [0.1, 0.15) is 18.5 Å². The van der Waals surface area contributed by atoms with Crippen molar-refractivity contribution in [3.05, 3.63) is 39.5 Å². The topological polar surface area (TPSA) is 67.9 Å². The summed E-state index contributed by atoms with van der Waals surface area (Å²) in [5.74, 6) is 0.0867. The molecule has 1 aromatic rings. The maximum Gasteiger partial charge on any atom is 0.337 e. The Balaban J connectivity index is 2.64. The first-order valence-electron chi connectivity index (χ1n) is 6.57. The van der Waals surface area contributed by atoms with Gasteiger partial charge < -0.3 is 19.7 Å². The third kappa shape index (κ3) is 2.81. The number of halogens is 1. The fraction of sp³-hybridized carbons (Fsp3) is 0.333. The molecule has 1 aliphatic heterocycles. The Kier molecular flexibility index (Phi) is 4.75. The highest BCUT2D eigenvalue weighted by Crippen LogP contribution is 2.36. The largest absolute Gasteiger partial charge is 0.496 e. The SMILES string of the molecule is COC(=O)C1=C(C)N(C)C(=O)N[C@@H]1c1cc(Br)ccc1OC. The van der Waals surface area contributed by atoms with Crippen molar-refractivity contribution in [2.24, 2.45) is 0 Å². The minimum absolute atomic E-state index is 0.294. The smallest absolute Gasteiger partial charge is 0.337 e. The normalized spacial score (nSPS) is 18.1. The number of nitrogens with zero attached hydrogens (tertiary/aromatic N) is 1. The van der Waals surface area contributed by atoms with Crippen LogP contribution in [0.4, 0.5) is 4.79 Å². The first kappa shape index (κ1) is 16.4. The minimum atomic E-state index is -0.636. The van der Waals surface area contributed by atoms with E-state index in [1.165, 1.54) is 19.1 Å². The van der Waals surface area contributed by atoms with E-state index in [4.69, 9.17) is 9.47 Å². The highest BCUT2D eigenvalue weighted by Gasteiger charge is 2.36. The maximum atomic E-state index is 12.2. The molecule has 0 spiro atoms. The number of carbonyl (C=O) groups is 2. The van der Waals surface area contributed by atoms with Crippen molar-refractivity contribution in [2.45, 2.75) is 13.0 Å².